The van der Waals surface area contributed by atoms with E-state index in [1.54, 1.807) is 11.3 Å². The number of carbonyl (C=O) groups excluding carboxylic acids is 1. The van der Waals surface area contributed by atoms with Gasteiger partial charge in [0.05, 0.1) is 5.75 Å². The molecule has 148 valence electrons. The third-order valence-corrected chi connectivity index (χ3v) is 5.99. The second-order valence-corrected chi connectivity index (χ2v) is 8.60. The van der Waals surface area contributed by atoms with Crippen LogP contribution in [0.5, 0.6) is 0 Å². The number of carbonyl (C=O) groups is 1. The average molecular weight is 419 g/mol. The molecule has 8 heteroatoms. The largest absolute Gasteiger partial charge is 0.325 e. The van der Waals surface area contributed by atoms with Crippen molar-refractivity contribution in [2.45, 2.75) is 44.8 Å². The third kappa shape index (κ3) is 4.99. The van der Waals surface area contributed by atoms with Crippen molar-refractivity contribution < 1.29 is 9.18 Å². The third-order valence-electron chi connectivity index (χ3n) is 4.05. The molecule has 3 rings (SSSR count). The second kappa shape index (κ2) is 9.34. The Balaban J connectivity index is 1.70. The van der Waals surface area contributed by atoms with Crippen LogP contribution in [-0.4, -0.2) is 26.4 Å². The summed E-state index contributed by atoms with van der Waals surface area (Å²) >= 11 is 3.09. The number of anilines is 1. The van der Waals surface area contributed by atoms with Crippen molar-refractivity contribution in [1.29, 1.82) is 0 Å². The number of thioether (sulfide) groups is 1. The molecule has 0 bridgehead atoms. The highest BCUT2D eigenvalue weighted by Crippen LogP contribution is 2.31. The number of halogens is 1. The first-order chi connectivity index (χ1) is 13.5. The number of nitrogens with one attached hydrogen (secondary N) is 1. The zero-order valence-electron chi connectivity index (χ0n) is 16.1. The monoisotopic (exact) mass is 418 g/mol. The first-order valence-electron chi connectivity index (χ1n) is 9.18. The molecule has 2 aromatic heterocycles. The summed E-state index contributed by atoms with van der Waals surface area (Å²) in [7, 11) is 0. The number of benzene rings is 1. The van der Waals surface area contributed by atoms with Crippen LogP contribution >= 0.6 is 23.1 Å². The summed E-state index contributed by atoms with van der Waals surface area (Å²) in [5, 5.41) is 14.3. The van der Waals surface area contributed by atoms with Gasteiger partial charge >= 0.3 is 0 Å². The molecule has 0 aliphatic rings. The lowest BCUT2D eigenvalue weighted by molar-refractivity contribution is -0.113. The maximum absolute atomic E-state index is 13.0. The topological polar surface area (TPSA) is 59.8 Å². The van der Waals surface area contributed by atoms with E-state index >= 15 is 0 Å². The van der Waals surface area contributed by atoms with Crippen LogP contribution in [0.4, 0.5) is 10.1 Å². The molecule has 1 aromatic carbocycles. The fourth-order valence-corrected chi connectivity index (χ4v) is 4.61. The summed E-state index contributed by atoms with van der Waals surface area (Å²) in [4.78, 5) is 13.6. The van der Waals surface area contributed by atoms with Crippen LogP contribution in [0.1, 0.15) is 38.1 Å². The summed E-state index contributed by atoms with van der Waals surface area (Å²) in [6.45, 7) is 6.32. The lowest BCUT2D eigenvalue weighted by atomic mass is 10.2. The Bertz CT molecular complexity index is 934. The van der Waals surface area contributed by atoms with E-state index in [4.69, 9.17) is 0 Å². The van der Waals surface area contributed by atoms with Crippen molar-refractivity contribution in [3.05, 3.63) is 46.4 Å². The van der Waals surface area contributed by atoms with Gasteiger partial charge in [-0.15, -0.1) is 21.5 Å². The van der Waals surface area contributed by atoms with Gasteiger partial charge in [0.15, 0.2) is 11.0 Å². The quantitative estimate of drug-likeness (QED) is 0.497. The van der Waals surface area contributed by atoms with E-state index in [1.807, 2.05) is 0 Å². The molecule has 5 nitrogen and oxygen atoms in total. The van der Waals surface area contributed by atoms with Crippen LogP contribution in [0.25, 0.3) is 11.4 Å². The molecule has 2 heterocycles. The molecule has 0 unspecified atom stereocenters. The van der Waals surface area contributed by atoms with Crippen molar-refractivity contribution in [2.24, 2.45) is 0 Å². The van der Waals surface area contributed by atoms with Crippen LogP contribution in [0.2, 0.25) is 0 Å². The number of hydrogen-bond acceptors (Lipinski definition) is 5. The Morgan fingerprint density at radius 2 is 2.04 bits per heavy atom. The Morgan fingerprint density at radius 1 is 1.29 bits per heavy atom. The van der Waals surface area contributed by atoms with Crippen molar-refractivity contribution in [2.75, 3.05) is 11.1 Å². The molecular formula is C20H23FN4OS2. The van der Waals surface area contributed by atoms with E-state index in [-0.39, 0.29) is 23.5 Å². The summed E-state index contributed by atoms with van der Waals surface area (Å²) < 4.78 is 15.0. The van der Waals surface area contributed by atoms with Gasteiger partial charge in [-0.3, -0.25) is 9.36 Å². The summed E-state index contributed by atoms with van der Waals surface area (Å²) in [5.41, 5.74) is 1.64. The molecule has 0 saturated carbocycles. The molecular weight excluding hydrogens is 395 g/mol. The predicted molar refractivity (Wildman–Crippen MR) is 113 cm³/mol. The lowest BCUT2D eigenvalue weighted by Crippen LogP contribution is -2.15. The highest BCUT2D eigenvalue weighted by molar-refractivity contribution is 7.99. The standard InChI is InChI=1S/C20H23FN4OS2/c1-4-5-17-10-14(11-27-17)19-23-24-20(25(19)13(2)3)28-12-18(26)22-16-8-6-15(21)7-9-16/h6-11,13H,4-5,12H2,1-3H3,(H,22,26). The predicted octanol–water partition coefficient (Wildman–Crippen LogP) is 5.41. The molecule has 0 spiro atoms. The van der Waals surface area contributed by atoms with E-state index in [0.717, 1.165) is 24.2 Å². The van der Waals surface area contributed by atoms with Gasteiger partial charge in [0.2, 0.25) is 5.91 Å². The average Bonchev–Trinajstić information content (AvgIpc) is 3.29. The van der Waals surface area contributed by atoms with Gasteiger partial charge in [-0.1, -0.05) is 25.1 Å². The minimum atomic E-state index is -0.333. The fourth-order valence-electron chi connectivity index (χ4n) is 2.77. The Labute approximate surface area is 172 Å². The van der Waals surface area contributed by atoms with Crippen LogP contribution in [0, 0.1) is 5.82 Å². The molecule has 28 heavy (non-hydrogen) atoms. The Hall–Kier alpha value is -2.19. The van der Waals surface area contributed by atoms with E-state index in [9.17, 15) is 9.18 Å². The molecule has 0 aliphatic heterocycles. The van der Waals surface area contributed by atoms with Crippen molar-refractivity contribution >= 4 is 34.7 Å². The number of nitrogens with zero attached hydrogens (tertiary/aromatic N) is 3. The first-order valence-corrected chi connectivity index (χ1v) is 11.0. The molecule has 3 aromatic rings. The van der Waals surface area contributed by atoms with Gasteiger partial charge in [-0.2, -0.15) is 0 Å². The van der Waals surface area contributed by atoms with Gasteiger partial charge in [-0.05, 0) is 50.6 Å². The van der Waals surface area contributed by atoms with Gasteiger partial charge in [0.25, 0.3) is 0 Å². The summed E-state index contributed by atoms with van der Waals surface area (Å²) in [6, 6.07) is 8.05. The molecule has 1 amide bonds. The number of aromatic nitrogens is 3. The van der Waals surface area contributed by atoms with Crippen molar-refractivity contribution in [1.82, 2.24) is 14.8 Å². The first kappa shape index (κ1) is 20.5. The van der Waals surface area contributed by atoms with Gasteiger partial charge in [-0.25, -0.2) is 4.39 Å². The molecule has 0 fully saturated rings. The van der Waals surface area contributed by atoms with Crippen molar-refractivity contribution in [3.63, 3.8) is 0 Å². The fraction of sp³-hybridized carbons (Fsp3) is 0.350. The number of hydrogen-bond donors (Lipinski definition) is 1. The van der Waals surface area contributed by atoms with Crippen LogP contribution in [0.3, 0.4) is 0 Å². The zero-order valence-corrected chi connectivity index (χ0v) is 17.7. The maximum atomic E-state index is 13.0. The summed E-state index contributed by atoms with van der Waals surface area (Å²) in [6.07, 6.45) is 2.17. The minimum Gasteiger partial charge on any atom is -0.325 e. The number of thiophene rings is 1. The number of amides is 1. The maximum Gasteiger partial charge on any atom is 0.234 e. The molecule has 0 radical (unpaired) electrons. The van der Waals surface area contributed by atoms with Crippen LogP contribution < -0.4 is 5.32 Å². The normalized spacial score (nSPS) is 11.2. The Kier molecular flexibility index (Phi) is 6.85. The SMILES string of the molecule is CCCc1cc(-c2nnc(SCC(=O)Nc3ccc(F)cc3)n2C(C)C)cs1. The molecule has 0 atom stereocenters. The van der Waals surface area contributed by atoms with Gasteiger partial charge < -0.3 is 5.32 Å². The Morgan fingerprint density at radius 3 is 2.71 bits per heavy atom. The second-order valence-electron chi connectivity index (χ2n) is 6.67. The van der Waals surface area contributed by atoms with E-state index in [1.165, 1.54) is 40.9 Å². The smallest absolute Gasteiger partial charge is 0.234 e. The van der Waals surface area contributed by atoms with Crippen LogP contribution in [0.15, 0.2) is 40.9 Å². The summed E-state index contributed by atoms with van der Waals surface area (Å²) in [5.74, 6) is 0.528. The molecule has 0 aliphatic carbocycles. The van der Waals surface area contributed by atoms with Crippen LogP contribution in [-0.2, 0) is 11.2 Å². The number of aryl methyl sites for hydroxylation is 1. The highest BCUT2D eigenvalue weighted by atomic mass is 32.2. The zero-order chi connectivity index (χ0) is 20.1. The van der Waals surface area contributed by atoms with E-state index in [0.29, 0.717) is 10.8 Å². The molecule has 0 saturated heterocycles. The highest BCUT2D eigenvalue weighted by Gasteiger charge is 2.19. The minimum absolute atomic E-state index is 0.169. The number of rotatable bonds is 8. The van der Waals surface area contributed by atoms with E-state index < -0.39 is 0 Å². The van der Waals surface area contributed by atoms with E-state index in [2.05, 4.69) is 52.3 Å². The molecule has 1 N–H and O–H groups in total. The van der Waals surface area contributed by atoms with Crippen molar-refractivity contribution in [3.8, 4) is 11.4 Å². The lowest BCUT2D eigenvalue weighted by Gasteiger charge is -2.13. The van der Waals surface area contributed by atoms with Gasteiger partial charge in [0, 0.05) is 27.5 Å². The van der Waals surface area contributed by atoms with Gasteiger partial charge in [0.1, 0.15) is 5.82 Å².